The van der Waals surface area contributed by atoms with Gasteiger partial charge in [0.25, 0.3) is 0 Å². The molecule has 0 saturated heterocycles. The summed E-state index contributed by atoms with van der Waals surface area (Å²) >= 11 is 0. The molecule has 0 spiro atoms. The molecule has 2 N–H and O–H groups in total. The molecule has 1 unspecified atom stereocenters. The average Bonchev–Trinajstić information content (AvgIpc) is 2.38. The molecule has 3 nitrogen and oxygen atoms in total. The molecule has 0 aromatic heterocycles. The largest absolute Gasteiger partial charge is 0.330 e. The number of hydrogen-bond donors (Lipinski definition) is 1. The fraction of sp³-hybridized carbons (Fsp3) is 0.533. The first-order chi connectivity index (χ1) is 8.57. The van der Waals surface area contributed by atoms with Gasteiger partial charge in [-0.05, 0) is 37.4 Å². The number of amides is 1. The quantitative estimate of drug-likeness (QED) is 0.841. The van der Waals surface area contributed by atoms with Crippen LogP contribution in [0.15, 0.2) is 30.3 Å². The molecular formula is C15H24N2O. The van der Waals surface area contributed by atoms with E-state index in [-0.39, 0.29) is 11.8 Å². The zero-order valence-electron chi connectivity index (χ0n) is 11.6. The van der Waals surface area contributed by atoms with Crippen LogP contribution in [-0.2, 0) is 4.79 Å². The number of carbonyl (C=O) groups excluding carboxylic acids is 1. The normalized spacial score (nSPS) is 12.5. The van der Waals surface area contributed by atoms with Gasteiger partial charge in [0.15, 0.2) is 0 Å². The Kier molecular flexibility index (Phi) is 5.86. The van der Waals surface area contributed by atoms with E-state index in [9.17, 15) is 4.79 Å². The van der Waals surface area contributed by atoms with E-state index in [4.69, 9.17) is 5.73 Å². The summed E-state index contributed by atoms with van der Waals surface area (Å²) in [6.07, 6.45) is 1.77. The van der Waals surface area contributed by atoms with E-state index in [1.807, 2.05) is 37.4 Å². The first-order valence-corrected chi connectivity index (χ1v) is 6.60. The number of nitrogens with two attached hydrogens (primary N) is 1. The molecule has 1 amide bonds. The summed E-state index contributed by atoms with van der Waals surface area (Å²) in [5.41, 5.74) is 6.48. The number of anilines is 1. The van der Waals surface area contributed by atoms with E-state index >= 15 is 0 Å². The van der Waals surface area contributed by atoms with E-state index in [0.29, 0.717) is 12.5 Å². The van der Waals surface area contributed by atoms with Gasteiger partial charge in [-0.2, -0.15) is 0 Å². The highest BCUT2D eigenvalue weighted by Gasteiger charge is 2.25. The summed E-state index contributed by atoms with van der Waals surface area (Å²) < 4.78 is 0. The monoisotopic (exact) mass is 248 g/mol. The molecular weight excluding hydrogens is 224 g/mol. The summed E-state index contributed by atoms with van der Waals surface area (Å²) in [6, 6.07) is 9.76. The Bertz CT molecular complexity index is 362. The number of rotatable bonds is 6. The smallest absolute Gasteiger partial charge is 0.230 e. The van der Waals surface area contributed by atoms with Gasteiger partial charge < -0.3 is 10.6 Å². The van der Waals surface area contributed by atoms with E-state index in [2.05, 4.69) is 13.8 Å². The zero-order valence-corrected chi connectivity index (χ0v) is 11.6. The van der Waals surface area contributed by atoms with Crippen molar-refractivity contribution >= 4 is 11.6 Å². The number of para-hydroxylation sites is 1. The molecule has 0 radical (unpaired) electrons. The first-order valence-electron chi connectivity index (χ1n) is 6.60. The van der Waals surface area contributed by atoms with E-state index in [0.717, 1.165) is 18.5 Å². The van der Waals surface area contributed by atoms with Gasteiger partial charge >= 0.3 is 0 Å². The number of hydrogen-bond acceptors (Lipinski definition) is 2. The first kappa shape index (κ1) is 14.7. The van der Waals surface area contributed by atoms with Gasteiger partial charge in [0.05, 0.1) is 0 Å². The maximum atomic E-state index is 12.5. The molecule has 0 fully saturated rings. The average molecular weight is 248 g/mol. The lowest BCUT2D eigenvalue weighted by Gasteiger charge is -2.26. The second-order valence-electron chi connectivity index (χ2n) is 5.01. The SMILES string of the molecule is CC(C)C(CCCN)C(=O)N(C)c1ccccc1. The van der Waals surface area contributed by atoms with Crippen molar-refractivity contribution < 1.29 is 4.79 Å². The molecule has 0 saturated carbocycles. The Morgan fingerprint density at radius 1 is 1.28 bits per heavy atom. The van der Waals surface area contributed by atoms with E-state index < -0.39 is 0 Å². The maximum absolute atomic E-state index is 12.5. The van der Waals surface area contributed by atoms with Crippen LogP contribution in [0.2, 0.25) is 0 Å². The molecule has 1 aromatic rings. The van der Waals surface area contributed by atoms with Crippen LogP contribution in [0.3, 0.4) is 0 Å². The summed E-state index contributed by atoms with van der Waals surface area (Å²) in [7, 11) is 1.84. The van der Waals surface area contributed by atoms with Crippen molar-refractivity contribution in [1.29, 1.82) is 0 Å². The molecule has 0 heterocycles. The van der Waals surface area contributed by atoms with Crippen molar-refractivity contribution in [2.24, 2.45) is 17.6 Å². The Morgan fingerprint density at radius 3 is 2.39 bits per heavy atom. The Hall–Kier alpha value is -1.35. The van der Waals surface area contributed by atoms with Gasteiger partial charge in [0.1, 0.15) is 0 Å². The van der Waals surface area contributed by atoms with Crippen molar-refractivity contribution in [1.82, 2.24) is 0 Å². The van der Waals surface area contributed by atoms with Crippen molar-refractivity contribution in [3.8, 4) is 0 Å². The minimum Gasteiger partial charge on any atom is -0.330 e. The lowest BCUT2D eigenvalue weighted by Crippen LogP contribution is -2.35. The van der Waals surface area contributed by atoms with Crippen molar-refractivity contribution in [2.45, 2.75) is 26.7 Å². The number of benzene rings is 1. The fourth-order valence-electron chi connectivity index (χ4n) is 2.11. The van der Waals surface area contributed by atoms with Crippen LogP contribution in [-0.4, -0.2) is 19.5 Å². The molecule has 3 heteroatoms. The minimum absolute atomic E-state index is 0.0544. The van der Waals surface area contributed by atoms with E-state index in [1.165, 1.54) is 0 Å². The lowest BCUT2D eigenvalue weighted by atomic mass is 9.89. The summed E-state index contributed by atoms with van der Waals surface area (Å²) in [4.78, 5) is 14.2. The topological polar surface area (TPSA) is 46.3 Å². The molecule has 1 rings (SSSR count). The molecule has 0 aliphatic heterocycles. The Balaban J connectivity index is 2.76. The van der Waals surface area contributed by atoms with Crippen molar-refractivity contribution in [3.63, 3.8) is 0 Å². The molecule has 100 valence electrons. The van der Waals surface area contributed by atoms with Gasteiger partial charge in [0.2, 0.25) is 5.91 Å². The van der Waals surface area contributed by atoms with Gasteiger partial charge in [-0.3, -0.25) is 4.79 Å². The Labute approximate surface area is 110 Å². The van der Waals surface area contributed by atoms with Gasteiger partial charge in [-0.1, -0.05) is 32.0 Å². The van der Waals surface area contributed by atoms with Crippen LogP contribution < -0.4 is 10.6 Å². The van der Waals surface area contributed by atoms with Crippen LogP contribution in [0, 0.1) is 11.8 Å². The molecule has 1 atom stereocenters. The zero-order chi connectivity index (χ0) is 13.5. The highest BCUT2D eigenvalue weighted by atomic mass is 16.2. The van der Waals surface area contributed by atoms with Gasteiger partial charge in [0, 0.05) is 18.7 Å². The standard InChI is InChI=1S/C15H24N2O/c1-12(2)14(10-7-11-16)15(18)17(3)13-8-5-4-6-9-13/h4-6,8-9,12,14H,7,10-11,16H2,1-3H3. The molecule has 1 aromatic carbocycles. The fourth-order valence-corrected chi connectivity index (χ4v) is 2.11. The second-order valence-corrected chi connectivity index (χ2v) is 5.01. The Morgan fingerprint density at radius 2 is 1.89 bits per heavy atom. The van der Waals surface area contributed by atoms with Crippen LogP contribution in [0.4, 0.5) is 5.69 Å². The van der Waals surface area contributed by atoms with Crippen LogP contribution in [0.1, 0.15) is 26.7 Å². The highest BCUT2D eigenvalue weighted by molar-refractivity contribution is 5.94. The third-order valence-corrected chi connectivity index (χ3v) is 3.32. The summed E-state index contributed by atoms with van der Waals surface area (Å²) in [6.45, 7) is 4.83. The molecule has 0 aliphatic rings. The van der Waals surface area contributed by atoms with Crippen LogP contribution >= 0.6 is 0 Å². The predicted octanol–water partition coefficient (Wildman–Crippen LogP) is 2.66. The number of carbonyl (C=O) groups is 1. The second kappa shape index (κ2) is 7.17. The molecule has 18 heavy (non-hydrogen) atoms. The predicted molar refractivity (Wildman–Crippen MR) is 76.5 cm³/mol. The summed E-state index contributed by atoms with van der Waals surface area (Å²) in [5, 5.41) is 0. The third kappa shape index (κ3) is 3.84. The highest BCUT2D eigenvalue weighted by Crippen LogP contribution is 2.22. The third-order valence-electron chi connectivity index (χ3n) is 3.32. The summed E-state index contributed by atoms with van der Waals surface area (Å²) in [5.74, 6) is 0.582. The van der Waals surface area contributed by atoms with Crippen LogP contribution in [0.25, 0.3) is 0 Å². The van der Waals surface area contributed by atoms with Crippen molar-refractivity contribution in [2.75, 3.05) is 18.5 Å². The minimum atomic E-state index is 0.0544. The van der Waals surface area contributed by atoms with Crippen molar-refractivity contribution in [3.05, 3.63) is 30.3 Å². The molecule has 0 aliphatic carbocycles. The van der Waals surface area contributed by atoms with E-state index in [1.54, 1.807) is 4.90 Å². The molecule has 0 bridgehead atoms. The van der Waals surface area contributed by atoms with Gasteiger partial charge in [-0.15, -0.1) is 0 Å². The lowest BCUT2D eigenvalue weighted by molar-refractivity contribution is -0.123. The van der Waals surface area contributed by atoms with Crippen LogP contribution in [0.5, 0.6) is 0 Å². The maximum Gasteiger partial charge on any atom is 0.230 e. The van der Waals surface area contributed by atoms with Gasteiger partial charge in [-0.25, -0.2) is 0 Å². The number of nitrogens with zero attached hydrogens (tertiary/aromatic N) is 1.